The van der Waals surface area contributed by atoms with E-state index >= 15 is 0 Å². The van der Waals surface area contributed by atoms with E-state index < -0.39 is 16.1 Å². The normalized spacial score (nSPS) is 17.3. The molecule has 1 unspecified atom stereocenters. The van der Waals surface area contributed by atoms with E-state index in [9.17, 15) is 18.0 Å². The minimum absolute atomic E-state index is 0.0737. The minimum atomic E-state index is -3.91. The molecule has 2 aliphatic heterocycles. The van der Waals surface area contributed by atoms with Crippen molar-refractivity contribution >= 4 is 27.5 Å². The average Bonchev–Trinajstić information content (AvgIpc) is 3.28. The second kappa shape index (κ2) is 8.57. The molecule has 2 aromatic carbocycles. The van der Waals surface area contributed by atoms with Crippen LogP contribution >= 0.6 is 0 Å². The molecule has 4 rings (SSSR count). The van der Waals surface area contributed by atoms with E-state index in [4.69, 9.17) is 0 Å². The van der Waals surface area contributed by atoms with E-state index in [-0.39, 0.29) is 23.1 Å². The smallest absolute Gasteiger partial charge is 0.241 e. The Bertz CT molecular complexity index is 1050. The number of aryl methyl sites for hydroxylation is 1. The van der Waals surface area contributed by atoms with Crippen molar-refractivity contribution in [3.63, 3.8) is 0 Å². The van der Waals surface area contributed by atoms with E-state index in [0.29, 0.717) is 31.6 Å². The number of amides is 2. The van der Waals surface area contributed by atoms with Crippen LogP contribution in [-0.2, 0) is 32.5 Å². The van der Waals surface area contributed by atoms with Gasteiger partial charge in [-0.15, -0.1) is 0 Å². The van der Waals surface area contributed by atoms with Crippen molar-refractivity contribution in [2.24, 2.45) is 0 Å². The van der Waals surface area contributed by atoms with E-state index in [1.807, 2.05) is 30.3 Å². The zero-order valence-electron chi connectivity index (χ0n) is 16.6. The Kier molecular flexibility index (Phi) is 5.87. The lowest BCUT2D eigenvalue weighted by Gasteiger charge is -2.24. The van der Waals surface area contributed by atoms with Crippen molar-refractivity contribution in [3.8, 4) is 0 Å². The van der Waals surface area contributed by atoms with Crippen molar-refractivity contribution in [2.45, 2.75) is 43.0 Å². The van der Waals surface area contributed by atoms with Crippen LogP contribution in [0.3, 0.4) is 0 Å². The highest BCUT2D eigenvalue weighted by atomic mass is 32.2. The van der Waals surface area contributed by atoms with E-state index in [1.54, 1.807) is 17.0 Å². The van der Waals surface area contributed by atoms with Crippen LogP contribution in [0, 0.1) is 0 Å². The van der Waals surface area contributed by atoms with Gasteiger partial charge in [0.25, 0.3) is 0 Å². The molecule has 2 aliphatic rings. The Hall–Kier alpha value is -2.71. The van der Waals surface area contributed by atoms with Crippen molar-refractivity contribution in [3.05, 3.63) is 59.7 Å². The maximum Gasteiger partial charge on any atom is 0.241 e. The Balaban J connectivity index is 1.59. The Morgan fingerprint density at radius 1 is 1.07 bits per heavy atom. The van der Waals surface area contributed by atoms with Crippen LogP contribution in [-0.4, -0.2) is 44.3 Å². The minimum Gasteiger partial charge on any atom is -0.341 e. The predicted octanol–water partition coefficient (Wildman–Crippen LogP) is 2.08. The van der Waals surface area contributed by atoms with Gasteiger partial charge in [-0.2, -0.15) is 4.72 Å². The first kappa shape index (κ1) is 20.6. The summed E-state index contributed by atoms with van der Waals surface area (Å²) in [4.78, 5) is 26.5. The molecule has 0 aromatic heterocycles. The quantitative estimate of drug-likeness (QED) is 0.738. The maximum atomic E-state index is 13.1. The highest BCUT2D eigenvalue weighted by Gasteiger charge is 2.31. The summed E-state index contributed by atoms with van der Waals surface area (Å²) in [6.45, 7) is 1.31. The topological polar surface area (TPSA) is 95.6 Å². The number of benzene rings is 2. The molecule has 7 nitrogen and oxygen atoms in total. The lowest BCUT2D eigenvalue weighted by Crippen LogP contribution is -2.48. The SMILES string of the molecule is O=C1CCc2cc(S(=O)(=O)NC(Cc3ccccc3)C(=O)N3CCCC3)ccc2N1. The summed E-state index contributed by atoms with van der Waals surface area (Å²) in [6.07, 6.45) is 2.98. The van der Waals surface area contributed by atoms with Crippen LogP contribution in [0.2, 0.25) is 0 Å². The average molecular weight is 428 g/mol. The zero-order valence-corrected chi connectivity index (χ0v) is 17.5. The number of hydrogen-bond donors (Lipinski definition) is 2. The van der Waals surface area contributed by atoms with Crippen molar-refractivity contribution < 1.29 is 18.0 Å². The summed E-state index contributed by atoms with van der Waals surface area (Å²) in [6, 6.07) is 13.2. The van der Waals surface area contributed by atoms with Crippen molar-refractivity contribution in [2.75, 3.05) is 18.4 Å². The van der Waals surface area contributed by atoms with Gasteiger partial charge in [0, 0.05) is 25.2 Å². The van der Waals surface area contributed by atoms with Gasteiger partial charge in [-0.3, -0.25) is 9.59 Å². The number of nitrogens with zero attached hydrogens (tertiary/aromatic N) is 1. The summed E-state index contributed by atoms with van der Waals surface area (Å²) in [5, 5.41) is 2.75. The van der Waals surface area contributed by atoms with Gasteiger partial charge >= 0.3 is 0 Å². The molecule has 0 saturated carbocycles. The fourth-order valence-corrected chi connectivity index (χ4v) is 5.21. The number of nitrogens with one attached hydrogen (secondary N) is 2. The van der Waals surface area contributed by atoms with E-state index in [1.165, 1.54) is 6.07 Å². The molecule has 2 heterocycles. The molecule has 1 saturated heterocycles. The highest BCUT2D eigenvalue weighted by molar-refractivity contribution is 7.89. The predicted molar refractivity (Wildman–Crippen MR) is 113 cm³/mol. The molecule has 8 heteroatoms. The van der Waals surface area contributed by atoms with Crippen molar-refractivity contribution in [1.82, 2.24) is 9.62 Å². The summed E-state index contributed by atoms with van der Waals surface area (Å²) in [7, 11) is -3.91. The van der Waals surface area contributed by atoms with E-state index in [2.05, 4.69) is 10.0 Å². The lowest BCUT2D eigenvalue weighted by atomic mass is 10.0. The Labute approximate surface area is 176 Å². The first-order chi connectivity index (χ1) is 14.4. The summed E-state index contributed by atoms with van der Waals surface area (Å²) >= 11 is 0. The summed E-state index contributed by atoms with van der Waals surface area (Å²) in [5.41, 5.74) is 2.31. The fraction of sp³-hybridized carbons (Fsp3) is 0.364. The standard InChI is InChI=1S/C22H25N3O4S/c26-21-11-8-17-15-18(9-10-19(17)23-21)30(28,29)24-20(14-16-6-2-1-3-7-16)22(27)25-12-4-5-13-25/h1-3,6-7,9-10,15,20,24H,4-5,8,11-14H2,(H,23,26). The van der Waals surface area contributed by atoms with Gasteiger partial charge in [0.1, 0.15) is 6.04 Å². The van der Waals surface area contributed by atoms with Crippen LogP contribution in [0.15, 0.2) is 53.4 Å². The van der Waals surface area contributed by atoms with Gasteiger partial charge in [0.15, 0.2) is 0 Å². The number of hydrogen-bond acceptors (Lipinski definition) is 4. The van der Waals surface area contributed by atoms with Gasteiger partial charge in [0.05, 0.1) is 4.90 Å². The van der Waals surface area contributed by atoms with Gasteiger partial charge in [-0.25, -0.2) is 8.42 Å². The maximum absolute atomic E-state index is 13.1. The molecule has 0 bridgehead atoms. The molecule has 2 aromatic rings. The van der Waals surface area contributed by atoms with Crippen LogP contribution in [0.1, 0.15) is 30.4 Å². The Morgan fingerprint density at radius 3 is 2.53 bits per heavy atom. The second-order valence-electron chi connectivity index (χ2n) is 7.76. The molecule has 2 N–H and O–H groups in total. The van der Waals surface area contributed by atoms with Crippen molar-refractivity contribution in [1.29, 1.82) is 0 Å². The first-order valence-corrected chi connectivity index (χ1v) is 11.7. The largest absolute Gasteiger partial charge is 0.341 e. The van der Waals surface area contributed by atoms with Gasteiger partial charge < -0.3 is 10.2 Å². The third-order valence-corrected chi connectivity index (χ3v) is 7.05. The van der Waals surface area contributed by atoms with Crippen LogP contribution in [0.25, 0.3) is 0 Å². The molecular weight excluding hydrogens is 402 g/mol. The molecule has 2 amide bonds. The number of anilines is 1. The third kappa shape index (κ3) is 4.55. The molecule has 0 aliphatic carbocycles. The number of sulfonamides is 1. The van der Waals surface area contributed by atoms with Crippen LogP contribution < -0.4 is 10.0 Å². The fourth-order valence-electron chi connectivity index (χ4n) is 3.97. The monoisotopic (exact) mass is 427 g/mol. The number of likely N-dealkylation sites (tertiary alicyclic amines) is 1. The molecular formula is C22H25N3O4S. The van der Waals surface area contributed by atoms with Crippen LogP contribution in [0.5, 0.6) is 0 Å². The molecule has 0 radical (unpaired) electrons. The molecule has 1 atom stereocenters. The summed E-state index contributed by atoms with van der Waals surface area (Å²) in [5.74, 6) is -0.263. The molecule has 1 fully saturated rings. The molecule has 158 valence electrons. The van der Waals surface area contributed by atoms with Gasteiger partial charge in [-0.05, 0) is 55.0 Å². The first-order valence-electron chi connectivity index (χ1n) is 10.2. The third-order valence-electron chi connectivity index (χ3n) is 5.58. The van der Waals surface area contributed by atoms with Gasteiger partial charge in [0.2, 0.25) is 21.8 Å². The number of fused-ring (bicyclic) bond motifs is 1. The number of carbonyl (C=O) groups excluding carboxylic acids is 2. The lowest BCUT2D eigenvalue weighted by molar-refractivity contribution is -0.131. The molecule has 0 spiro atoms. The number of rotatable bonds is 6. The van der Waals surface area contributed by atoms with Crippen LogP contribution in [0.4, 0.5) is 5.69 Å². The summed E-state index contributed by atoms with van der Waals surface area (Å²) < 4.78 is 28.9. The second-order valence-corrected chi connectivity index (χ2v) is 9.48. The van der Waals surface area contributed by atoms with Gasteiger partial charge in [-0.1, -0.05) is 30.3 Å². The Morgan fingerprint density at radius 2 is 1.80 bits per heavy atom. The number of carbonyl (C=O) groups is 2. The molecule has 30 heavy (non-hydrogen) atoms. The highest BCUT2D eigenvalue weighted by Crippen LogP contribution is 2.26. The zero-order chi connectivity index (χ0) is 21.1. The van der Waals surface area contributed by atoms with E-state index in [0.717, 1.165) is 24.0 Å².